The standard InChI is InChI=1S/C7H12O3S/c8-11(9)7-5-3-1-2-4-6-10-11/h3,5H,1-2,4,6-7H2/b5-3-. The van der Waals surface area contributed by atoms with Crippen LogP contribution in [0.25, 0.3) is 0 Å². The summed E-state index contributed by atoms with van der Waals surface area (Å²) < 4.78 is 26.5. The SMILES string of the molecule is O=S1(=O)C/C=C\CCCCO1. The molecule has 0 aromatic carbocycles. The molecule has 0 amide bonds. The quantitative estimate of drug-likeness (QED) is 0.409. The van der Waals surface area contributed by atoms with Crippen LogP contribution in [0.3, 0.4) is 0 Å². The summed E-state index contributed by atoms with van der Waals surface area (Å²) >= 11 is 0. The topological polar surface area (TPSA) is 43.4 Å². The molecule has 1 heterocycles. The first-order valence-corrected chi connectivity index (χ1v) is 5.30. The van der Waals surface area contributed by atoms with E-state index < -0.39 is 10.1 Å². The minimum absolute atomic E-state index is 0.0208. The maximum Gasteiger partial charge on any atom is 0.270 e. The molecule has 3 nitrogen and oxygen atoms in total. The normalized spacial score (nSPS) is 28.0. The zero-order valence-corrected chi connectivity index (χ0v) is 7.14. The van der Waals surface area contributed by atoms with Crippen molar-refractivity contribution in [2.45, 2.75) is 19.3 Å². The summed E-state index contributed by atoms with van der Waals surface area (Å²) in [5.74, 6) is 0.0208. The van der Waals surface area contributed by atoms with Gasteiger partial charge in [-0.3, -0.25) is 4.18 Å². The van der Waals surface area contributed by atoms with Crippen molar-refractivity contribution >= 4 is 10.1 Å². The van der Waals surface area contributed by atoms with Gasteiger partial charge >= 0.3 is 0 Å². The van der Waals surface area contributed by atoms with Gasteiger partial charge in [0, 0.05) is 0 Å². The average molecular weight is 176 g/mol. The molecule has 0 spiro atoms. The molecule has 1 aliphatic heterocycles. The first kappa shape index (κ1) is 8.74. The van der Waals surface area contributed by atoms with E-state index in [1.807, 2.05) is 6.08 Å². The van der Waals surface area contributed by atoms with Gasteiger partial charge in [-0.2, -0.15) is 8.42 Å². The van der Waals surface area contributed by atoms with Crippen LogP contribution in [0.5, 0.6) is 0 Å². The van der Waals surface area contributed by atoms with E-state index in [9.17, 15) is 8.42 Å². The lowest BCUT2D eigenvalue weighted by Gasteiger charge is -1.99. The Bertz CT molecular complexity index is 228. The van der Waals surface area contributed by atoms with Crippen molar-refractivity contribution in [1.82, 2.24) is 0 Å². The molecule has 11 heavy (non-hydrogen) atoms. The first-order chi connectivity index (χ1) is 5.21. The zero-order chi connectivity index (χ0) is 8.16. The molecule has 0 radical (unpaired) electrons. The zero-order valence-electron chi connectivity index (χ0n) is 6.32. The predicted octanol–water partition coefficient (Wildman–Crippen LogP) is 1.07. The van der Waals surface area contributed by atoms with Crippen LogP contribution in [0.4, 0.5) is 0 Å². The molecule has 0 aromatic rings. The van der Waals surface area contributed by atoms with Gasteiger partial charge in [0.1, 0.15) is 0 Å². The van der Waals surface area contributed by atoms with E-state index in [-0.39, 0.29) is 5.75 Å². The fourth-order valence-corrected chi connectivity index (χ4v) is 1.74. The lowest BCUT2D eigenvalue weighted by atomic mass is 10.2. The van der Waals surface area contributed by atoms with Gasteiger partial charge in [-0.25, -0.2) is 0 Å². The van der Waals surface area contributed by atoms with Gasteiger partial charge in [0.05, 0.1) is 12.4 Å². The molecule has 0 fully saturated rings. The molecule has 0 saturated carbocycles. The molecule has 64 valence electrons. The monoisotopic (exact) mass is 176 g/mol. The number of rotatable bonds is 0. The first-order valence-electron chi connectivity index (χ1n) is 3.73. The van der Waals surface area contributed by atoms with E-state index in [4.69, 9.17) is 0 Å². The third-order valence-electron chi connectivity index (χ3n) is 1.50. The van der Waals surface area contributed by atoms with Gasteiger partial charge in [-0.05, 0) is 19.3 Å². The van der Waals surface area contributed by atoms with Crippen LogP contribution in [-0.2, 0) is 14.3 Å². The molecule has 0 bridgehead atoms. The molecule has 0 aromatic heterocycles. The molecular weight excluding hydrogens is 164 g/mol. The minimum Gasteiger partial charge on any atom is -0.270 e. The van der Waals surface area contributed by atoms with Gasteiger partial charge in [-0.1, -0.05) is 12.2 Å². The van der Waals surface area contributed by atoms with E-state index in [1.165, 1.54) is 0 Å². The highest BCUT2D eigenvalue weighted by Crippen LogP contribution is 2.04. The molecule has 0 unspecified atom stereocenters. The van der Waals surface area contributed by atoms with Gasteiger partial charge in [0.25, 0.3) is 10.1 Å². The summed E-state index contributed by atoms with van der Waals surface area (Å²) in [6.07, 6.45) is 6.33. The summed E-state index contributed by atoms with van der Waals surface area (Å²) in [7, 11) is -3.25. The van der Waals surface area contributed by atoms with E-state index in [0.29, 0.717) is 6.61 Å². The minimum atomic E-state index is -3.25. The van der Waals surface area contributed by atoms with Crippen molar-refractivity contribution in [2.24, 2.45) is 0 Å². The van der Waals surface area contributed by atoms with Crippen molar-refractivity contribution in [3.8, 4) is 0 Å². The highest BCUT2D eigenvalue weighted by Gasteiger charge is 2.08. The Balaban J connectivity index is 2.57. The van der Waals surface area contributed by atoms with Crippen molar-refractivity contribution < 1.29 is 12.6 Å². The average Bonchev–Trinajstić information content (AvgIpc) is 2.00. The van der Waals surface area contributed by atoms with Crippen molar-refractivity contribution in [1.29, 1.82) is 0 Å². The predicted molar refractivity (Wildman–Crippen MR) is 42.7 cm³/mol. The number of hydrogen-bond donors (Lipinski definition) is 0. The second-order valence-corrected chi connectivity index (χ2v) is 4.20. The lowest BCUT2D eigenvalue weighted by molar-refractivity contribution is 0.311. The fraction of sp³-hybridized carbons (Fsp3) is 0.714. The third-order valence-corrected chi connectivity index (χ3v) is 2.62. The highest BCUT2D eigenvalue weighted by atomic mass is 32.2. The third kappa shape index (κ3) is 3.53. The highest BCUT2D eigenvalue weighted by molar-refractivity contribution is 7.86. The van der Waals surface area contributed by atoms with Crippen LogP contribution < -0.4 is 0 Å². The van der Waals surface area contributed by atoms with Crippen LogP contribution in [0.2, 0.25) is 0 Å². The second kappa shape index (κ2) is 3.88. The van der Waals surface area contributed by atoms with E-state index in [1.54, 1.807) is 6.08 Å². The van der Waals surface area contributed by atoms with Crippen LogP contribution in [-0.4, -0.2) is 20.8 Å². The van der Waals surface area contributed by atoms with Gasteiger partial charge in [0.2, 0.25) is 0 Å². The van der Waals surface area contributed by atoms with Gasteiger partial charge in [0.15, 0.2) is 0 Å². The van der Waals surface area contributed by atoms with Crippen LogP contribution in [0.15, 0.2) is 12.2 Å². The maximum atomic E-state index is 10.9. The molecule has 4 heteroatoms. The summed E-state index contributed by atoms with van der Waals surface area (Å²) in [5.41, 5.74) is 0. The molecule has 0 aliphatic carbocycles. The smallest absolute Gasteiger partial charge is 0.270 e. The maximum absolute atomic E-state index is 10.9. The van der Waals surface area contributed by atoms with E-state index >= 15 is 0 Å². The Morgan fingerprint density at radius 3 is 2.82 bits per heavy atom. The van der Waals surface area contributed by atoms with E-state index in [0.717, 1.165) is 19.3 Å². The van der Waals surface area contributed by atoms with Gasteiger partial charge < -0.3 is 0 Å². The Kier molecular flexibility index (Phi) is 3.08. The summed E-state index contributed by atoms with van der Waals surface area (Å²) in [6.45, 7) is 0.337. The van der Waals surface area contributed by atoms with Crippen molar-refractivity contribution in [2.75, 3.05) is 12.4 Å². The Morgan fingerprint density at radius 1 is 1.18 bits per heavy atom. The van der Waals surface area contributed by atoms with Crippen molar-refractivity contribution in [3.63, 3.8) is 0 Å². The number of hydrogen-bond acceptors (Lipinski definition) is 3. The fourth-order valence-electron chi connectivity index (χ4n) is 0.902. The summed E-state index contributed by atoms with van der Waals surface area (Å²) in [6, 6.07) is 0. The summed E-state index contributed by atoms with van der Waals surface area (Å²) in [4.78, 5) is 0. The largest absolute Gasteiger partial charge is 0.270 e. The summed E-state index contributed by atoms with van der Waals surface area (Å²) in [5, 5.41) is 0. The number of allylic oxidation sites excluding steroid dienone is 1. The molecular formula is C7H12O3S. The second-order valence-electron chi connectivity index (χ2n) is 2.51. The molecule has 0 saturated heterocycles. The van der Waals surface area contributed by atoms with Crippen molar-refractivity contribution in [3.05, 3.63) is 12.2 Å². The Morgan fingerprint density at radius 2 is 2.00 bits per heavy atom. The molecule has 1 aliphatic rings. The van der Waals surface area contributed by atoms with Crippen LogP contribution >= 0.6 is 0 Å². The molecule has 0 N–H and O–H groups in total. The van der Waals surface area contributed by atoms with E-state index in [2.05, 4.69) is 4.18 Å². The van der Waals surface area contributed by atoms with Crippen LogP contribution in [0, 0.1) is 0 Å². The van der Waals surface area contributed by atoms with Gasteiger partial charge in [-0.15, -0.1) is 0 Å². The Hall–Kier alpha value is -0.350. The Labute approximate surface area is 67.2 Å². The molecule has 0 atom stereocenters. The van der Waals surface area contributed by atoms with Crippen LogP contribution in [0.1, 0.15) is 19.3 Å². The lowest BCUT2D eigenvalue weighted by Crippen LogP contribution is -2.09. The molecule has 1 rings (SSSR count).